The molecular weight excluding hydrogens is 296 g/mol. The van der Waals surface area contributed by atoms with Gasteiger partial charge < -0.3 is 9.15 Å². The molecule has 1 aromatic carbocycles. The molecule has 0 spiro atoms. The third-order valence-corrected chi connectivity index (χ3v) is 2.80. The van der Waals surface area contributed by atoms with Crippen LogP contribution in [0.5, 0.6) is 5.75 Å². The van der Waals surface area contributed by atoms with Gasteiger partial charge in [-0.1, -0.05) is 11.6 Å². The Morgan fingerprint density at radius 1 is 1.29 bits per heavy atom. The fraction of sp³-hybridized carbons (Fsp3) is 0.143. The van der Waals surface area contributed by atoms with Gasteiger partial charge in [-0.15, -0.1) is 0 Å². The zero-order chi connectivity index (χ0) is 15.2. The molecule has 2 aromatic rings. The van der Waals surface area contributed by atoms with Crippen LogP contribution in [-0.2, 0) is 4.79 Å². The van der Waals surface area contributed by atoms with Gasteiger partial charge in [-0.2, -0.15) is 0 Å². The second-order valence-corrected chi connectivity index (χ2v) is 4.58. The summed E-state index contributed by atoms with van der Waals surface area (Å²) >= 11 is 5.75. The number of halogens is 1. The molecule has 0 atom stereocenters. The largest absolute Gasteiger partial charge is 0.476 e. The molecule has 6 nitrogen and oxygen atoms in total. The summed E-state index contributed by atoms with van der Waals surface area (Å²) in [6, 6.07) is 8.02. The van der Waals surface area contributed by atoms with Gasteiger partial charge in [-0.05, 0) is 31.2 Å². The molecule has 0 fully saturated rings. The van der Waals surface area contributed by atoms with Crippen molar-refractivity contribution in [2.75, 3.05) is 12.0 Å². The normalized spacial score (nSPS) is 10.0. The molecule has 0 saturated heterocycles. The van der Waals surface area contributed by atoms with Gasteiger partial charge in [0.25, 0.3) is 5.91 Å². The molecule has 2 rings (SSSR count). The summed E-state index contributed by atoms with van der Waals surface area (Å²) in [6.07, 6.45) is 1.27. The Morgan fingerprint density at radius 2 is 2.00 bits per heavy atom. The summed E-state index contributed by atoms with van der Waals surface area (Å²) in [7, 11) is 0. The minimum absolute atomic E-state index is 0.0270. The number of hydrogen-bond acceptors (Lipinski definition) is 5. The molecule has 0 aliphatic rings. The molecule has 0 aliphatic carbocycles. The Morgan fingerprint density at radius 3 is 2.67 bits per heavy atom. The van der Waals surface area contributed by atoms with Gasteiger partial charge in [-0.25, -0.2) is 0 Å². The molecule has 0 saturated carbocycles. The van der Waals surface area contributed by atoms with E-state index in [0.29, 0.717) is 16.5 Å². The lowest BCUT2D eigenvalue weighted by Crippen LogP contribution is -2.34. The number of hydrazine groups is 1. The van der Waals surface area contributed by atoms with E-state index in [4.69, 9.17) is 20.8 Å². The van der Waals surface area contributed by atoms with Crippen molar-refractivity contribution in [2.45, 2.75) is 6.92 Å². The van der Waals surface area contributed by atoms with Crippen molar-refractivity contribution in [2.24, 2.45) is 0 Å². The fourth-order valence-corrected chi connectivity index (χ4v) is 1.65. The summed E-state index contributed by atoms with van der Waals surface area (Å²) in [4.78, 5) is 23.1. The van der Waals surface area contributed by atoms with E-state index in [1.807, 2.05) is 0 Å². The predicted octanol–water partition coefficient (Wildman–Crippen LogP) is 2.12. The average molecular weight is 309 g/mol. The number of nitrogens with one attached hydrogen (secondary N) is 2. The first kappa shape index (κ1) is 14.9. The molecule has 0 bridgehead atoms. The van der Waals surface area contributed by atoms with E-state index >= 15 is 0 Å². The Kier molecular flexibility index (Phi) is 4.84. The van der Waals surface area contributed by atoms with Crippen LogP contribution in [0.2, 0.25) is 5.02 Å². The Hall–Kier alpha value is -2.47. The monoisotopic (exact) mass is 308 g/mol. The van der Waals surface area contributed by atoms with Crippen LogP contribution >= 0.6 is 11.6 Å². The van der Waals surface area contributed by atoms with E-state index in [1.54, 1.807) is 31.2 Å². The van der Waals surface area contributed by atoms with Crippen LogP contribution in [0.1, 0.15) is 5.76 Å². The number of benzene rings is 1. The first-order chi connectivity index (χ1) is 10.1. The molecule has 0 unspecified atom stereocenters. The van der Waals surface area contributed by atoms with Gasteiger partial charge >= 0.3 is 0 Å². The van der Waals surface area contributed by atoms with E-state index in [1.165, 1.54) is 12.3 Å². The summed E-state index contributed by atoms with van der Waals surface area (Å²) in [5.74, 6) is -0.0901. The number of rotatable bonds is 5. The number of amides is 1. The molecule has 1 heterocycles. The van der Waals surface area contributed by atoms with Crippen LogP contribution in [0.25, 0.3) is 0 Å². The molecule has 2 N–H and O–H groups in total. The lowest BCUT2D eigenvalue weighted by molar-refractivity contribution is -0.122. The van der Waals surface area contributed by atoms with E-state index < -0.39 is 5.91 Å². The zero-order valence-corrected chi connectivity index (χ0v) is 11.9. The highest BCUT2D eigenvalue weighted by Crippen LogP contribution is 2.12. The summed E-state index contributed by atoms with van der Waals surface area (Å²) in [5, 5.41) is 0.599. The average Bonchev–Trinajstić information content (AvgIpc) is 2.46. The topological polar surface area (TPSA) is 80.6 Å². The number of ether oxygens (including phenoxy) is 1. The number of anilines is 1. The number of hydrogen-bond donors (Lipinski definition) is 2. The van der Waals surface area contributed by atoms with E-state index in [-0.39, 0.29) is 17.8 Å². The van der Waals surface area contributed by atoms with Gasteiger partial charge in [-0.3, -0.25) is 20.4 Å². The summed E-state index contributed by atoms with van der Waals surface area (Å²) in [6.45, 7) is 1.27. The summed E-state index contributed by atoms with van der Waals surface area (Å²) in [5.41, 5.74) is 5.47. The van der Waals surface area contributed by atoms with Crippen LogP contribution in [-0.4, -0.2) is 12.5 Å². The Balaban J connectivity index is 1.85. The quantitative estimate of drug-likeness (QED) is 0.827. The second kappa shape index (κ2) is 6.81. The maximum atomic E-state index is 11.6. The number of carbonyl (C=O) groups is 1. The van der Waals surface area contributed by atoms with Crippen LogP contribution in [0.4, 0.5) is 5.69 Å². The van der Waals surface area contributed by atoms with Gasteiger partial charge in [0.15, 0.2) is 6.61 Å². The highest BCUT2D eigenvalue weighted by Gasteiger charge is 2.09. The summed E-state index contributed by atoms with van der Waals surface area (Å²) < 4.78 is 10.2. The second-order valence-electron chi connectivity index (χ2n) is 4.14. The van der Waals surface area contributed by atoms with Crippen molar-refractivity contribution in [1.82, 2.24) is 5.43 Å². The molecule has 21 heavy (non-hydrogen) atoms. The highest BCUT2D eigenvalue weighted by atomic mass is 35.5. The van der Waals surface area contributed by atoms with Gasteiger partial charge in [0.05, 0.1) is 12.0 Å². The maximum absolute atomic E-state index is 11.6. The predicted molar refractivity (Wildman–Crippen MR) is 78.4 cm³/mol. The standard InChI is InChI=1S/C14H13ClN2O4/c1-9-14(12(18)6-7-20-9)21-8-13(19)17-16-11-4-2-10(15)3-5-11/h2-7,16H,8H2,1H3,(H,17,19). The van der Waals surface area contributed by atoms with Crippen LogP contribution in [0.15, 0.2) is 45.8 Å². The number of carbonyl (C=O) groups excluding carboxylic acids is 1. The SMILES string of the molecule is Cc1occc(=O)c1OCC(=O)NNc1ccc(Cl)cc1. The minimum atomic E-state index is -0.437. The smallest absolute Gasteiger partial charge is 0.276 e. The minimum Gasteiger partial charge on any atom is -0.476 e. The molecule has 1 aromatic heterocycles. The lowest BCUT2D eigenvalue weighted by atomic mass is 10.3. The zero-order valence-electron chi connectivity index (χ0n) is 11.2. The van der Waals surface area contributed by atoms with Crippen molar-refractivity contribution >= 4 is 23.2 Å². The number of aryl methyl sites for hydroxylation is 1. The van der Waals surface area contributed by atoms with Crippen LogP contribution in [0, 0.1) is 6.92 Å². The van der Waals surface area contributed by atoms with Gasteiger partial charge in [0, 0.05) is 11.1 Å². The molecule has 0 aliphatic heterocycles. The molecule has 0 radical (unpaired) electrons. The fourth-order valence-electron chi connectivity index (χ4n) is 1.52. The van der Waals surface area contributed by atoms with Gasteiger partial charge in [0.1, 0.15) is 5.76 Å². The maximum Gasteiger partial charge on any atom is 0.276 e. The Labute approximate surface area is 125 Å². The molecular formula is C14H13ClN2O4. The molecule has 110 valence electrons. The third kappa shape index (κ3) is 4.25. The van der Waals surface area contributed by atoms with E-state index in [9.17, 15) is 9.59 Å². The van der Waals surface area contributed by atoms with Crippen molar-refractivity contribution in [3.8, 4) is 5.75 Å². The van der Waals surface area contributed by atoms with Crippen molar-refractivity contribution in [3.63, 3.8) is 0 Å². The third-order valence-electron chi connectivity index (χ3n) is 2.55. The van der Waals surface area contributed by atoms with E-state index in [0.717, 1.165) is 0 Å². The molecule has 7 heteroatoms. The first-order valence-electron chi connectivity index (χ1n) is 6.08. The van der Waals surface area contributed by atoms with Crippen molar-refractivity contribution < 1.29 is 13.9 Å². The highest BCUT2D eigenvalue weighted by molar-refractivity contribution is 6.30. The van der Waals surface area contributed by atoms with Crippen LogP contribution < -0.4 is 21.0 Å². The Bertz CT molecular complexity index is 682. The van der Waals surface area contributed by atoms with Gasteiger partial charge in [0.2, 0.25) is 11.2 Å². The van der Waals surface area contributed by atoms with E-state index in [2.05, 4.69) is 10.9 Å². The van der Waals surface area contributed by atoms with Crippen molar-refractivity contribution in [3.05, 3.63) is 57.6 Å². The van der Waals surface area contributed by atoms with Crippen molar-refractivity contribution in [1.29, 1.82) is 0 Å². The first-order valence-corrected chi connectivity index (χ1v) is 6.45. The lowest BCUT2D eigenvalue weighted by Gasteiger charge is -2.10. The molecule has 1 amide bonds. The van der Waals surface area contributed by atoms with Crippen LogP contribution in [0.3, 0.4) is 0 Å².